The van der Waals surface area contributed by atoms with Crippen LogP contribution in [0.1, 0.15) is 74.4 Å². The van der Waals surface area contributed by atoms with E-state index in [1.165, 1.54) is 28.7 Å². The van der Waals surface area contributed by atoms with Gasteiger partial charge in [0, 0.05) is 38.4 Å². The molecule has 0 unspecified atom stereocenters. The van der Waals surface area contributed by atoms with Crippen LogP contribution in [0, 0.1) is 11.8 Å². The van der Waals surface area contributed by atoms with Crippen LogP contribution in [0.15, 0.2) is 24.3 Å². The molecule has 3 aliphatic rings. The largest absolute Gasteiger partial charge is 0.504 e. The smallest absolute Gasteiger partial charge is 0.161 e. The van der Waals surface area contributed by atoms with Gasteiger partial charge in [0.15, 0.2) is 23.0 Å². The Morgan fingerprint density at radius 3 is 2.15 bits per heavy atom. The minimum atomic E-state index is 0.241. The van der Waals surface area contributed by atoms with Gasteiger partial charge < -0.3 is 29.4 Å². The Morgan fingerprint density at radius 1 is 0.846 bits per heavy atom. The van der Waals surface area contributed by atoms with E-state index in [1.54, 1.807) is 21.3 Å². The number of nitrogens with one attached hydrogen (secondary N) is 1. The van der Waals surface area contributed by atoms with Gasteiger partial charge in [-0.1, -0.05) is 13.3 Å². The molecule has 2 N–H and O–H groups in total. The third kappa shape index (κ3) is 6.47. The molecule has 2 aromatic carbocycles. The summed E-state index contributed by atoms with van der Waals surface area (Å²) in [7, 11) is 5.06. The molecular weight excluding hydrogens is 492 g/mol. The van der Waals surface area contributed by atoms with E-state index in [9.17, 15) is 5.11 Å². The highest BCUT2D eigenvalue weighted by Crippen LogP contribution is 2.48. The van der Waals surface area contributed by atoms with Crippen molar-refractivity contribution in [2.45, 2.75) is 65.0 Å². The van der Waals surface area contributed by atoms with Gasteiger partial charge in [0.25, 0.3) is 0 Å². The van der Waals surface area contributed by atoms with Crippen LogP contribution in [0.25, 0.3) is 0 Å². The zero-order valence-corrected chi connectivity index (χ0v) is 24.7. The van der Waals surface area contributed by atoms with E-state index in [4.69, 9.17) is 18.9 Å². The molecular formula is C32H48N2O5. The summed E-state index contributed by atoms with van der Waals surface area (Å²) in [6.07, 6.45) is 5.46. The van der Waals surface area contributed by atoms with E-state index in [1.807, 2.05) is 26.0 Å². The van der Waals surface area contributed by atoms with E-state index in [0.29, 0.717) is 23.6 Å². The molecule has 1 fully saturated rings. The van der Waals surface area contributed by atoms with Gasteiger partial charge in [0.1, 0.15) is 0 Å². The fraction of sp³-hybridized carbons (Fsp3) is 0.625. The van der Waals surface area contributed by atoms with Gasteiger partial charge in [-0.25, -0.2) is 0 Å². The summed E-state index contributed by atoms with van der Waals surface area (Å²) in [6, 6.07) is 9.06. The second kappa shape index (κ2) is 13.7. The quantitative estimate of drug-likeness (QED) is 0.446. The Bertz CT molecular complexity index is 1090. The van der Waals surface area contributed by atoms with Gasteiger partial charge >= 0.3 is 0 Å². The molecule has 0 spiro atoms. The summed E-state index contributed by atoms with van der Waals surface area (Å²) in [5.41, 5.74) is 5.34. The summed E-state index contributed by atoms with van der Waals surface area (Å²) in [6.45, 7) is 11.2. The standard InChI is InChI=1S/C28H38N2O4.C4H10O/c1-5-17-16-30-9-7-19-13-27(33-3)28(34-4)15-22(19)24(30)11-20(17)10-23-21-14-26(32-2)25(31)12-18(21)6-8-29-23;1-3-5-4-2/h12-15,17,20,23-24,29,31H,5-11,16H2,1-4H3;3-4H2,1-2H3/t17-,20-,23+,24-;/m0./s1. The molecule has 0 amide bonds. The number of methoxy groups -OCH3 is 3. The second-order valence-electron chi connectivity index (χ2n) is 10.8. The highest BCUT2D eigenvalue weighted by atomic mass is 16.5. The predicted octanol–water partition coefficient (Wildman–Crippen LogP) is 5.68. The van der Waals surface area contributed by atoms with Crippen molar-refractivity contribution in [2.24, 2.45) is 11.8 Å². The fourth-order valence-corrected chi connectivity index (χ4v) is 6.80. The summed E-state index contributed by atoms with van der Waals surface area (Å²) in [4.78, 5) is 2.70. The van der Waals surface area contributed by atoms with Crippen molar-refractivity contribution in [3.63, 3.8) is 0 Å². The van der Waals surface area contributed by atoms with Crippen molar-refractivity contribution in [3.05, 3.63) is 46.5 Å². The van der Waals surface area contributed by atoms with Gasteiger partial charge in [-0.15, -0.1) is 0 Å². The van der Waals surface area contributed by atoms with E-state index in [0.717, 1.165) is 70.0 Å². The number of phenolic OH excluding ortho intramolecular Hbond substituents is 1. The Hall–Kier alpha value is -2.48. The maximum absolute atomic E-state index is 10.3. The fourth-order valence-electron chi connectivity index (χ4n) is 6.80. The van der Waals surface area contributed by atoms with Crippen LogP contribution in [0.3, 0.4) is 0 Å². The number of fused-ring (bicyclic) bond motifs is 4. The molecule has 1 saturated heterocycles. The molecule has 0 aromatic heterocycles. The van der Waals surface area contributed by atoms with Crippen LogP contribution in [-0.4, -0.2) is 64.2 Å². The first-order valence-corrected chi connectivity index (χ1v) is 14.7. The minimum absolute atomic E-state index is 0.241. The predicted molar refractivity (Wildman–Crippen MR) is 155 cm³/mol. The molecule has 0 saturated carbocycles. The highest BCUT2D eigenvalue weighted by Gasteiger charge is 2.40. The molecule has 0 aliphatic carbocycles. The molecule has 216 valence electrons. The van der Waals surface area contributed by atoms with Crippen molar-refractivity contribution in [1.82, 2.24) is 10.2 Å². The van der Waals surface area contributed by atoms with Gasteiger partial charge in [-0.2, -0.15) is 0 Å². The zero-order chi connectivity index (χ0) is 27.9. The molecule has 0 bridgehead atoms. The average molecular weight is 541 g/mol. The molecule has 2 aromatic rings. The number of piperidine rings is 1. The highest BCUT2D eigenvalue weighted by molar-refractivity contribution is 5.50. The number of phenols is 1. The zero-order valence-electron chi connectivity index (χ0n) is 24.7. The molecule has 3 heterocycles. The summed E-state index contributed by atoms with van der Waals surface area (Å²) >= 11 is 0. The molecule has 5 rings (SSSR count). The summed E-state index contributed by atoms with van der Waals surface area (Å²) in [5.74, 6) is 3.76. The third-order valence-electron chi connectivity index (χ3n) is 8.85. The van der Waals surface area contributed by atoms with Crippen molar-refractivity contribution in [1.29, 1.82) is 0 Å². The Balaban J connectivity index is 0.000000648. The molecule has 7 heteroatoms. The molecule has 7 nitrogen and oxygen atoms in total. The molecule has 3 aliphatic heterocycles. The van der Waals surface area contributed by atoms with Crippen molar-refractivity contribution >= 4 is 0 Å². The third-order valence-corrected chi connectivity index (χ3v) is 8.85. The van der Waals surface area contributed by atoms with Crippen molar-refractivity contribution < 1.29 is 24.1 Å². The van der Waals surface area contributed by atoms with Crippen molar-refractivity contribution in [3.8, 4) is 23.0 Å². The molecule has 39 heavy (non-hydrogen) atoms. The first-order valence-electron chi connectivity index (χ1n) is 14.7. The van der Waals surface area contributed by atoms with Gasteiger partial charge in [0.2, 0.25) is 0 Å². The van der Waals surface area contributed by atoms with Crippen LogP contribution >= 0.6 is 0 Å². The number of hydrogen-bond acceptors (Lipinski definition) is 7. The number of ether oxygens (including phenoxy) is 4. The van der Waals surface area contributed by atoms with E-state index in [-0.39, 0.29) is 11.8 Å². The number of hydrogen-bond donors (Lipinski definition) is 2. The second-order valence-corrected chi connectivity index (χ2v) is 10.8. The van der Waals surface area contributed by atoms with E-state index in [2.05, 4.69) is 29.3 Å². The van der Waals surface area contributed by atoms with Gasteiger partial charge in [-0.3, -0.25) is 4.90 Å². The maximum Gasteiger partial charge on any atom is 0.161 e. The van der Waals surface area contributed by atoms with E-state index < -0.39 is 0 Å². The number of benzene rings is 2. The van der Waals surface area contributed by atoms with Crippen LogP contribution in [-0.2, 0) is 17.6 Å². The van der Waals surface area contributed by atoms with Crippen LogP contribution in [0.5, 0.6) is 23.0 Å². The monoisotopic (exact) mass is 540 g/mol. The lowest BCUT2D eigenvalue weighted by molar-refractivity contribution is 0.0434. The molecule has 0 radical (unpaired) electrons. The molecule has 4 atom stereocenters. The van der Waals surface area contributed by atoms with Crippen LogP contribution < -0.4 is 19.5 Å². The number of aromatic hydroxyl groups is 1. The van der Waals surface area contributed by atoms with Crippen LogP contribution in [0.2, 0.25) is 0 Å². The van der Waals surface area contributed by atoms with Crippen molar-refractivity contribution in [2.75, 3.05) is 54.2 Å². The minimum Gasteiger partial charge on any atom is -0.504 e. The van der Waals surface area contributed by atoms with Gasteiger partial charge in [0.05, 0.1) is 21.3 Å². The first-order chi connectivity index (χ1) is 19.0. The summed E-state index contributed by atoms with van der Waals surface area (Å²) < 4.78 is 21.5. The van der Waals surface area contributed by atoms with Crippen LogP contribution in [0.4, 0.5) is 0 Å². The maximum atomic E-state index is 10.3. The van der Waals surface area contributed by atoms with E-state index >= 15 is 0 Å². The lowest BCUT2D eigenvalue weighted by Crippen LogP contribution is -2.46. The topological polar surface area (TPSA) is 72.4 Å². The Morgan fingerprint density at radius 2 is 1.51 bits per heavy atom. The Labute approximate surface area is 234 Å². The first kappa shape index (κ1) is 29.5. The summed E-state index contributed by atoms with van der Waals surface area (Å²) in [5, 5.41) is 14.1. The lowest BCUT2D eigenvalue weighted by atomic mass is 9.72. The normalized spacial score (nSPS) is 23.9. The lowest BCUT2D eigenvalue weighted by Gasteiger charge is -2.48. The average Bonchev–Trinajstić information content (AvgIpc) is 2.96. The number of rotatable bonds is 8. The van der Waals surface area contributed by atoms with Gasteiger partial charge in [-0.05, 0) is 104 Å². The Kier molecular flexibility index (Phi) is 10.4. The SMILES string of the molecule is CCOCC.CC[C@H]1CN2CCc3cc(OC)c(OC)cc3[C@@H]2C[C@@H]1C[C@H]1NCCc2cc(O)c(OC)cc21. The number of nitrogens with zero attached hydrogens (tertiary/aromatic N) is 1.